The van der Waals surface area contributed by atoms with Crippen molar-refractivity contribution in [1.29, 1.82) is 0 Å². The Bertz CT molecular complexity index is 1220. The molecule has 0 atom stereocenters. The van der Waals surface area contributed by atoms with Crippen molar-refractivity contribution in [2.75, 3.05) is 36.6 Å². The van der Waals surface area contributed by atoms with E-state index in [1.165, 1.54) is 17.2 Å². The number of pyridine rings is 1. The van der Waals surface area contributed by atoms with Gasteiger partial charge in [0.05, 0.1) is 23.9 Å². The van der Waals surface area contributed by atoms with Gasteiger partial charge in [-0.3, -0.25) is 4.90 Å². The van der Waals surface area contributed by atoms with Gasteiger partial charge in [0.1, 0.15) is 30.6 Å². The lowest BCUT2D eigenvalue weighted by Crippen LogP contribution is -2.38. The number of rotatable bonds is 1. The quantitative estimate of drug-likeness (QED) is 0.585. The summed E-state index contributed by atoms with van der Waals surface area (Å²) in [4.78, 5) is 26.5. The maximum Gasteiger partial charge on any atom is 0.419 e. The number of para-hydroxylation sites is 1. The van der Waals surface area contributed by atoms with Gasteiger partial charge >= 0.3 is 18.3 Å². The summed E-state index contributed by atoms with van der Waals surface area (Å²) in [5.74, 6) is 0.431. The lowest BCUT2D eigenvalue weighted by Gasteiger charge is -2.25. The van der Waals surface area contributed by atoms with E-state index < -0.39 is 17.8 Å². The van der Waals surface area contributed by atoms with Crippen molar-refractivity contribution in [2.45, 2.75) is 19.1 Å². The van der Waals surface area contributed by atoms with E-state index in [1.54, 1.807) is 12.1 Å². The van der Waals surface area contributed by atoms with Crippen LogP contribution in [0.2, 0.25) is 0 Å². The SMILES string of the molecule is O=C1OCCCN1c1cc2c3nc(nc2cn1)OCCOc1c(cccc1C(F)(F)F)CN3. The van der Waals surface area contributed by atoms with Crippen LogP contribution in [0.4, 0.5) is 29.6 Å². The van der Waals surface area contributed by atoms with Crippen molar-refractivity contribution in [2.24, 2.45) is 0 Å². The van der Waals surface area contributed by atoms with Crippen LogP contribution < -0.4 is 19.7 Å². The zero-order valence-corrected chi connectivity index (χ0v) is 17.2. The van der Waals surface area contributed by atoms with Crippen LogP contribution in [0.25, 0.3) is 10.9 Å². The monoisotopic (exact) mass is 461 g/mol. The second-order valence-corrected chi connectivity index (χ2v) is 7.38. The minimum absolute atomic E-state index is 0.00815. The minimum Gasteiger partial charge on any atom is -0.489 e. The maximum absolute atomic E-state index is 13.5. The second kappa shape index (κ2) is 8.26. The first-order chi connectivity index (χ1) is 15.9. The highest BCUT2D eigenvalue weighted by Crippen LogP contribution is 2.39. The number of cyclic esters (lactones) is 1. The van der Waals surface area contributed by atoms with Crippen molar-refractivity contribution < 1.29 is 32.2 Å². The Balaban J connectivity index is 1.55. The number of amides is 1. The fraction of sp³-hybridized carbons (Fsp3) is 0.333. The summed E-state index contributed by atoms with van der Waals surface area (Å²) in [6.07, 6.45) is -2.92. The van der Waals surface area contributed by atoms with Crippen molar-refractivity contribution in [1.82, 2.24) is 15.0 Å². The van der Waals surface area contributed by atoms with Crippen molar-refractivity contribution in [3.8, 4) is 11.8 Å². The molecule has 0 radical (unpaired) electrons. The Labute approximate surface area is 185 Å². The molecule has 1 amide bonds. The molecular weight excluding hydrogens is 443 g/mol. The number of fused-ring (bicyclic) bond motifs is 5. The van der Waals surface area contributed by atoms with Crippen molar-refractivity contribution >= 4 is 28.6 Å². The number of carbonyl (C=O) groups is 1. The van der Waals surface area contributed by atoms with E-state index in [0.29, 0.717) is 47.7 Å². The summed E-state index contributed by atoms with van der Waals surface area (Å²) < 4.78 is 56.6. The summed E-state index contributed by atoms with van der Waals surface area (Å²) in [6.45, 7) is 0.634. The van der Waals surface area contributed by atoms with Crippen LogP contribution in [0.1, 0.15) is 17.5 Å². The number of halogens is 3. The average molecular weight is 461 g/mol. The molecule has 12 heteroatoms. The highest BCUT2D eigenvalue weighted by molar-refractivity contribution is 5.94. The molecule has 2 bridgehead atoms. The van der Waals surface area contributed by atoms with E-state index in [1.807, 2.05) is 0 Å². The molecule has 0 aliphatic carbocycles. The number of ether oxygens (including phenoxy) is 3. The van der Waals surface area contributed by atoms with E-state index in [4.69, 9.17) is 14.2 Å². The summed E-state index contributed by atoms with van der Waals surface area (Å²) in [5, 5.41) is 3.59. The second-order valence-electron chi connectivity index (χ2n) is 7.38. The van der Waals surface area contributed by atoms with Gasteiger partial charge in [0.25, 0.3) is 0 Å². The molecule has 0 saturated carbocycles. The van der Waals surface area contributed by atoms with Crippen LogP contribution in [0.15, 0.2) is 30.5 Å². The van der Waals surface area contributed by atoms with Gasteiger partial charge in [0, 0.05) is 24.0 Å². The number of anilines is 2. The number of aromatic nitrogens is 3. The molecular formula is C21H18F3N5O4. The summed E-state index contributed by atoms with van der Waals surface area (Å²) in [5.41, 5.74) is -0.103. The largest absolute Gasteiger partial charge is 0.489 e. The number of hydrogen-bond acceptors (Lipinski definition) is 8. The highest BCUT2D eigenvalue weighted by atomic mass is 19.4. The smallest absolute Gasteiger partial charge is 0.419 e. The molecule has 2 aromatic heterocycles. The number of nitrogens with one attached hydrogen (secondary N) is 1. The zero-order chi connectivity index (χ0) is 23.0. The van der Waals surface area contributed by atoms with Crippen LogP contribution >= 0.6 is 0 Å². The van der Waals surface area contributed by atoms with E-state index in [2.05, 4.69) is 20.3 Å². The third-order valence-corrected chi connectivity index (χ3v) is 5.20. The molecule has 1 aromatic carbocycles. The fourth-order valence-electron chi connectivity index (χ4n) is 3.68. The molecule has 2 aliphatic rings. The maximum atomic E-state index is 13.5. The van der Waals surface area contributed by atoms with E-state index in [-0.39, 0.29) is 31.5 Å². The Hall–Kier alpha value is -3.83. The van der Waals surface area contributed by atoms with Crippen LogP contribution in [0.3, 0.4) is 0 Å². The predicted octanol–water partition coefficient (Wildman–Crippen LogP) is 3.77. The van der Waals surface area contributed by atoms with E-state index in [0.717, 1.165) is 6.07 Å². The van der Waals surface area contributed by atoms with Gasteiger partial charge in [-0.25, -0.2) is 9.78 Å². The molecule has 4 heterocycles. The summed E-state index contributed by atoms with van der Waals surface area (Å²) >= 11 is 0. The standard InChI is InChI=1S/C21H18F3N5O4/c22-21(23,24)14-4-1-3-12-10-26-18-13-9-16(29-5-2-6-33-20(29)30)25-11-15(13)27-19(28-18)32-8-7-31-17(12)14/h1,3-4,9,11H,2,5-8,10H2,(H,26,27,28). The van der Waals surface area contributed by atoms with Gasteiger partial charge in [0.15, 0.2) is 0 Å². The molecule has 0 spiro atoms. The fourth-order valence-corrected chi connectivity index (χ4v) is 3.68. The number of alkyl halides is 3. The molecule has 5 rings (SSSR count). The lowest BCUT2D eigenvalue weighted by molar-refractivity contribution is -0.139. The third kappa shape index (κ3) is 4.15. The first-order valence-electron chi connectivity index (χ1n) is 10.2. The minimum atomic E-state index is -4.57. The molecule has 1 saturated heterocycles. The number of nitrogens with zero attached hydrogens (tertiary/aromatic N) is 4. The Morgan fingerprint density at radius 1 is 1.06 bits per heavy atom. The van der Waals surface area contributed by atoms with Crippen LogP contribution in [0.5, 0.6) is 11.8 Å². The Morgan fingerprint density at radius 3 is 2.73 bits per heavy atom. The van der Waals surface area contributed by atoms with Crippen LogP contribution in [0, 0.1) is 0 Å². The Morgan fingerprint density at radius 2 is 1.91 bits per heavy atom. The van der Waals surface area contributed by atoms with Gasteiger partial charge in [-0.2, -0.15) is 23.1 Å². The highest BCUT2D eigenvalue weighted by Gasteiger charge is 2.35. The topological polar surface area (TPSA) is 98.7 Å². The van der Waals surface area contributed by atoms with Gasteiger partial charge in [-0.1, -0.05) is 12.1 Å². The first kappa shape index (κ1) is 21.0. The summed E-state index contributed by atoms with van der Waals surface area (Å²) in [7, 11) is 0. The lowest BCUT2D eigenvalue weighted by atomic mass is 10.1. The van der Waals surface area contributed by atoms with Gasteiger partial charge in [-0.05, 0) is 18.6 Å². The van der Waals surface area contributed by atoms with Gasteiger partial charge < -0.3 is 19.5 Å². The molecule has 1 fully saturated rings. The van der Waals surface area contributed by atoms with E-state index >= 15 is 0 Å². The number of hydrogen-bond donors (Lipinski definition) is 1. The predicted molar refractivity (Wildman–Crippen MR) is 110 cm³/mol. The number of benzene rings is 1. The van der Waals surface area contributed by atoms with E-state index in [9.17, 15) is 18.0 Å². The zero-order valence-electron chi connectivity index (χ0n) is 17.2. The third-order valence-electron chi connectivity index (χ3n) is 5.20. The molecule has 33 heavy (non-hydrogen) atoms. The summed E-state index contributed by atoms with van der Waals surface area (Å²) in [6, 6.07) is 5.53. The van der Waals surface area contributed by atoms with Crippen molar-refractivity contribution in [3.63, 3.8) is 0 Å². The van der Waals surface area contributed by atoms with Crippen molar-refractivity contribution in [3.05, 3.63) is 41.6 Å². The molecule has 9 nitrogen and oxygen atoms in total. The molecule has 2 aliphatic heterocycles. The molecule has 172 valence electrons. The van der Waals surface area contributed by atoms with Crippen LogP contribution in [-0.4, -0.2) is 47.4 Å². The van der Waals surface area contributed by atoms with Gasteiger partial charge in [-0.15, -0.1) is 0 Å². The molecule has 0 unspecified atom stereocenters. The van der Waals surface area contributed by atoms with Gasteiger partial charge in [0.2, 0.25) is 0 Å². The first-order valence-corrected chi connectivity index (χ1v) is 10.2. The average Bonchev–Trinajstić information content (AvgIpc) is 2.82. The molecule has 1 N–H and O–H groups in total. The Kier molecular flexibility index (Phi) is 5.27. The molecule has 3 aromatic rings. The van der Waals surface area contributed by atoms with Crippen LogP contribution in [-0.2, 0) is 17.5 Å². The normalized spacial score (nSPS) is 16.6. The number of carbonyl (C=O) groups excluding carboxylic acids is 1.